The van der Waals surface area contributed by atoms with Gasteiger partial charge in [0, 0.05) is 19.6 Å². The number of urea groups is 1. The normalized spacial score (nSPS) is 18.8. The van der Waals surface area contributed by atoms with E-state index in [1.54, 1.807) is 7.05 Å². The third-order valence-electron chi connectivity index (χ3n) is 2.88. The molecule has 0 radical (unpaired) electrons. The molecule has 0 aromatic rings. The van der Waals surface area contributed by atoms with Gasteiger partial charge >= 0.3 is 6.03 Å². The first kappa shape index (κ1) is 13.0. The molecule has 0 saturated carbocycles. The Hall–Kier alpha value is -1.10. The molecule has 16 heavy (non-hydrogen) atoms. The monoisotopic (exact) mass is 227 g/mol. The Bertz CT molecular complexity index is 278. The molecule has 1 fully saturated rings. The van der Waals surface area contributed by atoms with Crippen LogP contribution in [0.3, 0.4) is 0 Å². The molecule has 0 bridgehead atoms. The Balaban J connectivity index is 2.64. The average Bonchev–Trinajstić information content (AvgIpc) is 2.43. The lowest BCUT2D eigenvalue weighted by atomic mass is 10.0. The van der Waals surface area contributed by atoms with Gasteiger partial charge in [0.15, 0.2) is 0 Å². The first-order valence-corrected chi connectivity index (χ1v) is 5.76. The van der Waals surface area contributed by atoms with Gasteiger partial charge in [0.25, 0.3) is 0 Å². The standard InChI is InChI=1S/C11H21N3O2/c1-5-12-9(8(2)3)6-14-10(15)7-13(4)11(14)16/h8-9,12H,5-7H2,1-4H3. The van der Waals surface area contributed by atoms with Crippen molar-refractivity contribution < 1.29 is 9.59 Å². The van der Waals surface area contributed by atoms with Crippen molar-refractivity contribution in [1.29, 1.82) is 0 Å². The first-order chi connectivity index (χ1) is 7.47. The quantitative estimate of drug-likeness (QED) is 0.696. The first-order valence-electron chi connectivity index (χ1n) is 5.76. The summed E-state index contributed by atoms with van der Waals surface area (Å²) in [6.45, 7) is 7.71. The number of hydrogen-bond acceptors (Lipinski definition) is 3. The smallest absolute Gasteiger partial charge is 0.318 e. The number of hydrogen-bond donors (Lipinski definition) is 1. The number of amides is 3. The van der Waals surface area contributed by atoms with Gasteiger partial charge in [0.2, 0.25) is 5.91 Å². The fraction of sp³-hybridized carbons (Fsp3) is 0.818. The topological polar surface area (TPSA) is 52.7 Å². The summed E-state index contributed by atoms with van der Waals surface area (Å²) in [5.74, 6) is 0.294. The summed E-state index contributed by atoms with van der Waals surface area (Å²) in [5, 5.41) is 3.30. The third-order valence-corrected chi connectivity index (χ3v) is 2.88. The van der Waals surface area contributed by atoms with Gasteiger partial charge in [-0.25, -0.2) is 4.79 Å². The van der Waals surface area contributed by atoms with Gasteiger partial charge in [0.1, 0.15) is 6.54 Å². The van der Waals surface area contributed by atoms with E-state index in [-0.39, 0.29) is 24.5 Å². The molecule has 1 heterocycles. The fourth-order valence-electron chi connectivity index (χ4n) is 1.82. The van der Waals surface area contributed by atoms with E-state index in [0.29, 0.717) is 12.5 Å². The predicted molar refractivity (Wildman–Crippen MR) is 62.0 cm³/mol. The van der Waals surface area contributed by atoms with Crippen molar-refractivity contribution in [3.8, 4) is 0 Å². The molecule has 1 rings (SSSR count). The highest BCUT2D eigenvalue weighted by Gasteiger charge is 2.35. The zero-order valence-corrected chi connectivity index (χ0v) is 10.5. The van der Waals surface area contributed by atoms with E-state index in [0.717, 1.165) is 6.54 Å². The van der Waals surface area contributed by atoms with Crippen LogP contribution < -0.4 is 5.32 Å². The zero-order valence-electron chi connectivity index (χ0n) is 10.5. The molecule has 1 aliphatic rings. The van der Waals surface area contributed by atoms with Gasteiger partial charge in [0.05, 0.1) is 0 Å². The minimum atomic E-state index is -0.187. The van der Waals surface area contributed by atoms with Crippen molar-refractivity contribution >= 4 is 11.9 Å². The molecule has 0 aromatic heterocycles. The summed E-state index contributed by atoms with van der Waals surface area (Å²) >= 11 is 0. The van der Waals surface area contributed by atoms with Crippen molar-refractivity contribution in [2.45, 2.75) is 26.8 Å². The highest BCUT2D eigenvalue weighted by molar-refractivity contribution is 6.01. The maximum atomic E-state index is 11.7. The van der Waals surface area contributed by atoms with Crippen LogP contribution in [0, 0.1) is 5.92 Å². The molecule has 1 aliphatic heterocycles. The third kappa shape index (κ3) is 2.72. The van der Waals surface area contributed by atoms with E-state index in [1.807, 2.05) is 6.92 Å². The molecular weight excluding hydrogens is 206 g/mol. The number of likely N-dealkylation sites (N-methyl/N-ethyl adjacent to an activating group) is 2. The van der Waals surface area contributed by atoms with Gasteiger partial charge in [-0.3, -0.25) is 9.69 Å². The molecule has 5 heteroatoms. The zero-order chi connectivity index (χ0) is 12.3. The number of imide groups is 1. The van der Waals surface area contributed by atoms with E-state index in [9.17, 15) is 9.59 Å². The Morgan fingerprint density at radius 1 is 1.38 bits per heavy atom. The van der Waals surface area contributed by atoms with Crippen molar-refractivity contribution in [3.63, 3.8) is 0 Å². The van der Waals surface area contributed by atoms with Crippen molar-refractivity contribution in [3.05, 3.63) is 0 Å². The minimum Gasteiger partial charge on any atom is -0.318 e. The molecule has 0 aliphatic carbocycles. The number of nitrogens with one attached hydrogen (secondary N) is 1. The summed E-state index contributed by atoms with van der Waals surface area (Å²) in [4.78, 5) is 26.1. The van der Waals surface area contributed by atoms with Gasteiger partial charge in [-0.1, -0.05) is 20.8 Å². The maximum absolute atomic E-state index is 11.7. The lowest BCUT2D eigenvalue weighted by Crippen LogP contribution is -2.46. The fourth-order valence-corrected chi connectivity index (χ4v) is 1.82. The Kier molecular flexibility index (Phi) is 4.29. The number of carbonyl (C=O) groups is 2. The van der Waals surface area contributed by atoms with Crippen LogP contribution in [0.25, 0.3) is 0 Å². The minimum absolute atomic E-state index is 0.101. The van der Waals surface area contributed by atoms with Crippen LogP contribution in [-0.4, -0.2) is 54.5 Å². The number of rotatable bonds is 5. The van der Waals surface area contributed by atoms with Crippen LogP contribution in [0.2, 0.25) is 0 Å². The number of carbonyl (C=O) groups excluding carboxylic acids is 2. The van der Waals surface area contributed by atoms with E-state index >= 15 is 0 Å². The van der Waals surface area contributed by atoms with Gasteiger partial charge in [-0.15, -0.1) is 0 Å². The molecule has 0 spiro atoms. The summed E-state index contributed by atoms with van der Waals surface area (Å²) in [6, 6.07) is -0.0158. The van der Waals surface area contributed by atoms with Crippen molar-refractivity contribution in [2.75, 3.05) is 26.7 Å². The SMILES string of the molecule is CCNC(CN1C(=O)CN(C)C1=O)C(C)C. The van der Waals surface area contributed by atoms with E-state index in [4.69, 9.17) is 0 Å². The van der Waals surface area contributed by atoms with Crippen LogP contribution in [-0.2, 0) is 4.79 Å². The largest absolute Gasteiger partial charge is 0.327 e. The van der Waals surface area contributed by atoms with Crippen LogP contribution in [0.1, 0.15) is 20.8 Å². The van der Waals surface area contributed by atoms with E-state index in [1.165, 1.54) is 9.80 Å². The highest BCUT2D eigenvalue weighted by Crippen LogP contribution is 2.11. The molecular formula is C11H21N3O2. The van der Waals surface area contributed by atoms with Gasteiger partial charge < -0.3 is 10.2 Å². The molecule has 1 saturated heterocycles. The van der Waals surface area contributed by atoms with E-state index in [2.05, 4.69) is 19.2 Å². The average molecular weight is 227 g/mol. The van der Waals surface area contributed by atoms with Crippen LogP contribution >= 0.6 is 0 Å². The Morgan fingerprint density at radius 2 is 2.00 bits per heavy atom. The second-order valence-corrected chi connectivity index (χ2v) is 4.55. The summed E-state index contributed by atoms with van der Waals surface area (Å²) in [6.07, 6.45) is 0. The molecule has 1 N–H and O–H groups in total. The second kappa shape index (κ2) is 5.30. The Morgan fingerprint density at radius 3 is 2.38 bits per heavy atom. The van der Waals surface area contributed by atoms with Crippen LogP contribution in [0.5, 0.6) is 0 Å². The lowest BCUT2D eigenvalue weighted by Gasteiger charge is -2.25. The molecule has 92 valence electrons. The molecule has 5 nitrogen and oxygen atoms in total. The summed E-state index contributed by atoms with van der Waals surface area (Å²) in [5.41, 5.74) is 0. The molecule has 0 aromatic carbocycles. The van der Waals surface area contributed by atoms with Crippen LogP contribution in [0.15, 0.2) is 0 Å². The van der Waals surface area contributed by atoms with Gasteiger partial charge in [-0.05, 0) is 12.5 Å². The molecule has 1 unspecified atom stereocenters. The second-order valence-electron chi connectivity index (χ2n) is 4.55. The van der Waals surface area contributed by atoms with Crippen molar-refractivity contribution in [1.82, 2.24) is 15.1 Å². The Labute approximate surface area is 96.8 Å². The lowest BCUT2D eigenvalue weighted by molar-refractivity contribution is -0.125. The summed E-state index contributed by atoms with van der Waals surface area (Å²) in [7, 11) is 1.65. The molecule has 3 amide bonds. The van der Waals surface area contributed by atoms with E-state index < -0.39 is 0 Å². The maximum Gasteiger partial charge on any atom is 0.327 e. The van der Waals surface area contributed by atoms with Gasteiger partial charge in [-0.2, -0.15) is 0 Å². The summed E-state index contributed by atoms with van der Waals surface area (Å²) < 4.78 is 0. The number of nitrogens with zero attached hydrogens (tertiary/aromatic N) is 2. The van der Waals surface area contributed by atoms with Crippen LogP contribution in [0.4, 0.5) is 4.79 Å². The van der Waals surface area contributed by atoms with Crippen molar-refractivity contribution in [2.24, 2.45) is 5.92 Å². The highest BCUT2D eigenvalue weighted by atomic mass is 16.2. The molecule has 1 atom stereocenters. The predicted octanol–water partition coefficient (Wildman–Crippen LogP) is 0.515.